The summed E-state index contributed by atoms with van der Waals surface area (Å²) in [5.41, 5.74) is -1.74. The van der Waals surface area contributed by atoms with Gasteiger partial charge in [0.15, 0.2) is 5.60 Å². The summed E-state index contributed by atoms with van der Waals surface area (Å²) in [6.07, 6.45) is 0.317. The van der Waals surface area contributed by atoms with Crippen LogP contribution in [-0.4, -0.2) is 47.6 Å². The lowest BCUT2D eigenvalue weighted by atomic mass is 9.64. The van der Waals surface area contributed by atoms with E-state index in [1.54, 1.807) is 0 Å². The highest BCUT2D eigenvalue weighted by atomic mass is 16.5. The smallest absolute Gasteiger partial charge is 0.338 e. The molecule has 1 rings (SSSR count). The fraction of sp³-hybridized carbons (Fsp3) is 0.909. The van der Waals surface area contributed by atoms with E-state index in [9.17, 15) is 15.0 Å². The summed E-state index contributed by atoms with van der Waals surface area (Å²) in [5, 5.41) is 22.4. The van der Waals surface area contributed by atoms with Gasteiger partial charge in [-0.2, -0.15) is 0 Å². The second-order valence-corrected chi connectivity index (χ2v) is 5.27. The molecular weight excluding hydrogens is 210 g/mol. The molecule has 16 heavy (non-hydrogen) atoms. The van der Waals surface area contributed by atoms with E-state index >= 15 is 0 Å². The monoisotopic (exact) mass is 231 g/mol. The third-order valence-electron chi connectivity index (χ3n) is 3.53. The first kappa shape index (κ1) is 13.4. The molecule has 0 heterocycles. The predicted octanol–water partition coefficient (Wildman–Crippen LogP) is -0.341. The number of methoxy groups -OCH3 is 1. The zero-order valence-electron chi connectivity index (χ0n) is 10.3. The molecule has 0 radical (unpaired) electrons. The quantitative estimate of drug-likeness (QED) is 0.577. The number of hydrogen-bond donors (Lipinski definition) is 3. The first-order valence-electron chi connectivity index (χ1n) is 5.44. The summed E-state index contributed by atoms with van der Waals surface area (Å²) in [6.45, 7) is 5.44. The Morgan fingerprint density at radius 2 is 2.19 bits per heavy atom. The zero-order valence-corrected chi connectivity index (χ0v) is 10.3. The molecule has 1 fully saturated rings. The maximum Gasteiger partial charge on any atom is 0.338 e. The van der Waals surface area contributed by atoms with Crippen LogP contribution < -0.4 is 5.32 Å². The molecule has 0 bridgehead atoms. The summed E-state index contributed by atoms with van der Waals surface area (Å²) in [7, 11) is 1.24. The first-order chi connectivity index (χ1) is 7.21. The molecule has 1 aliphatic rings. The zero-order chi connectivity index (χ0) is 12.6. The van der Waals surface area contributed by atoms with Gasteiger partial charge in [0.1, 0.15) is 0 Å². The topological polar surface area (TPSA) is 78.8 Å². The van der Waals surface area contributed by atoms with Gasteiger partial charge in [-0.05, 0) is 13.3 Å². The van der Waals surface area contributed by atoms with Gasteiger partial charge in [0.25, 0.3) is 0 Å². The number of hydrogen-bond acceptors (Lipinski definition) is 5. The average Bonchev–Trinajstić information content (AvgIpc) is 2.22. The molecule has 94 valence electrons. The molecular formula is C11H21NO4. The maximum atomic E-state index is 11.2. The van der Waals surface area contributed by atoms with Crippen LogP contribution in [0, 0.1) is 5.41 Å². The van der Waals surface area contributed by atoms with E-state index in [0.717, 1.165) is 0 Å². The Bertz CT molecular complexity index is 275. The molecule has 0 aromatic carbocycles. The standard InChI is InChI=1S/C11H21NO4/c1-10(2)7(5-8(10)13)12-6-11(3,15)9(14)16-4/h7-8,12-13,15H,5-6H2,1-4H3. The Labute approximate surface area is 95.8 Å². The molecule has 0 aliphatic heterocycles. The van der Waals surface area contributed by atoms with Crippen molar-refractivity contribution < 1.29 is 19.7 Å². The number of aliphatic hydroxyl groups is 2. The number of aliphatic hydroxyl groups excluding tert-OH is 1. The SMILES string of the molecule is COC(=O)C(C)(O)CNC1CC(O)C1(C)C. The van der Waals surface area contributed by atoms with Crippen LogP contribution >= 0.6 is 0 Å². The Balaban J connectivity index is 2.44. The molecule has 0 spiro atoms. The van der Waals surface area contributed by atoms with E-state index in [0.29, 0.717) is 6.42 Å². The lowest BCUT2D eigenvalue weighted by molar-refractivity contribution is -0.161. The molecule has 0 aromatic rings. The van der Waals surface area contributed by atoms with Crippen LogP contribution in [0.2, 0.25) is 0 Å². The Hall–Kier alpha value is -0.650. The predicted molar refractivity (Wildman–Crippen MR) is 58.8 cm³/mol. The minimum absolute atomic E-state index is 0.110. The molecule has 0 aromatic heterocycles. The van der Waals surface area contributed by atoms with E-state index in [2.05, 4.69) is 10.1 Å². The van der Waals surface area contributed by atoms with Gasteiger partial charge < -0.3 is 20.3 Å². The van der Waals surface area contributed by atoms with Gasteiger partial charge in [-0.25, -0.2) is 4.79 Å². The Kier molecular flexibility index (Phi) is 3.62. The van der Waals surface area contributed by atoms with Crippen molar-refractivity contribution in [1.82, 2.24) is 5.32 Å². The molecule has 1 saturated carbocycles. The number of esters is 1. The van der Waals surface area contributed by atoms with Gasteiger partial charge in [-0.1, -0.05) is 13.8 Å². The second kappa shape index (κ2) is 4.31. The number of ether oxygens (including phenoxy) is 1. The molecule has 5 nitrogen and oxygen atoms in total. The van der Waals surface area contributed by atoms with Crippen LogP contribution in [0.5, 0.6) is 0 Å². The lowest BCUT2D eigenvalue weighted by Gasteiger charge is -2.50. The van der Waals surface area contributed by atoms with Crippen molar-refractivity contribution in [2.24, 2.45) is 5.41 Å². The first-order valence-corrected chi connectivity index (χ1v) is 5.44. The summed E-state index contributed by atoms with van der Waals surface area (Å²) in [6, 6.07) is 0.110. The van der Waals surface area contributed by atoms with E-state index in [1.807, 2.05) is 13.8 Å². The number of nitrogens with one attached hydrogen (secondary N) is 1. The summed E-state index contributed by atoms with van der Waals surface area (Å²) >= 11 is 0. The molecule has 3 atom stereocenters. The van der Waals surface area contributed by atoms with E-state index in [1.165, 1.54) is 14.0 Å². The molecule has 1 aliphatic carbocycles. The van der Waals surface area contributed by atoms with Crippen molar-refractivity contribution in [1.29, 1.82) is 0 Å². The summed E-state index contributed by atoms with van der Waals surface area (Å²) < 4.78 is 4.49. The van der Waals surface area contributed by atoms with Gasteiger partial charge in [0.05, 0.1) is 13.2 Å². The molecule has 3 unspecified atom stereocenters. The molecule has 0 amide bonds. The fourth-order valence-corrected chi connectivity index (χ4v) is 1.86. The van der Waals surface area contributed by atoms with Crippen LogP contribution in [0.1, 0.15) is 27.2 Å². The highest BCUT2D eigenvalue weighted by Crippen LogP contribution is 2.40. The minimum Gasteiger partial charge on any atom is -0.467 e. The number of carbonyl (C=O) groups excluding carboxylic acids is 1. The third kappa shape index (κ3) is 2.36. The number of rotatable bonds is 4. The minimum atomic E-state index is -1.52. The van der Waals surface area contributed by atoms with Crippen molar-refractivity contribution in [3.63, 3.8) is 0 Å². The Morgan fingerprint density at radius 3 is 2.56 bits per heavy atom. The Morgan fingerprint density at radius 1 is 1.62 bits per heavy atom. The lowest BCUT2D eigenvalue weighted by Crippen LogP contribution is -2.62. The van der Waals surface area contributed by atoms with Crippen LogP contribution in [0.15, 0.2) is 0 Å². The molecule has 3 N–H and O–H groups in total. The fourth-order valence-electron chi connectivity index (χ4n) is 1.86. The molecule has 0 saturated heterocycles. The normalized spacial score (nSPS) is 31.4. The van der Waals surface area contributed by atoms with Crippen molar-refractivity contribution in [2.75, 3.05) is 13.7 Å². The average molecular weight is 231 g/mol. The number of carbonyl (C=O) groups is 1. The van der Waals surface area contributed by atoms with Crippen LogP contribution in [0.4, 0.5) is 0 Å². The van der Waals surface area contributed by atoms with Crippen LogP contribution in [0.25, 0.3) is 0 Å². The highest BCUT2D eigenvalue weighted by molar-refractivity contribution is 5.78. The van der Waals surface area contributed by atoms with Crippen molar-refractivity contribution in [3.05, 3.63) is 0 Å². The van der Waals surface area contributed by atoms with E-state index in [-0.39, 0.29) is 24.1 Å². The van der Waals surface area contributed by atoms with Crippen LogP contribution in [-0.2, 0) is 9.53 Å². The van der Waals surface area contributed by atoms with Gasteiger partial charge in [-0.3, -0.25) is 0 Å². The van der Waals surface area contributed by atoms with Crippen molar-refractivity contribution in [3.8, 4) is 0 Å². The van der Waals surface area contributed by atoms with E-state index in [4.69, 9.17) is 0 Å². The van der Waals surface area contributed by atoms with Crippen molar-refractivity contribution in [2.45, 2.75) is 44.9 Å². The second-order valence-electron chi connectivity index (χ2n) is 5.27. The maximum absolute atomic E-state index is 11.2. The van der Waals surface area contributed by atoms with Crippen molar-refractivity contribution >= 4 is 5.97 Å². The summed E-state index contributed by atoms with van der Waals surface area (Å²) in [4.78, 5) is 11.2. The van der Waals surface area contributed by atoms with Gasteiger partial charge in [0.2, 0.25) is 0 Å². The largest absolute Gasteiger partial charge is 0.467 e. The van der Waals surface area contributed by atoms with Gasteiger partial charge in [-0.15, -0.1) is 0 Å². The third-order valence-corrected chi connectivity index (χ3v) is 3.53. The summed E-state index contributed by atoms with van der Waals surface area (Å²) in [5.74, 6) is -0.655. The van der Waals surface area contributed by atoms with Crippen LogP contribution in [0.3, 0.4) is 0 Å². The highest BCUT2D eigenvalue weighted by Gasteiger charge is 2.47. The molecule has 5 heteroatoms. The van der Waals surface area contributed by atoms with Gasteiger partial charge in [0, 0.05) is 18.0 Å². The van der Waals surface area contributed by atoms with E-state index < -0.39 is 11.6 Å². The van der Waals surface area contributed by atoms with Gasteiger partial charge >= 0.3 is 5.97 Å².